The summed E-state index contributed by atoms with van der Waals surface area (Å²) >= 11 is 0. The molecule has 0 atom stereocenters. The first kappa shape index (κ1) is 21.6. The molecule has 0 N–H and O–H groups in total. The molecule has 3 rings (SSSR count). The van der Waals surface area contributed by atoms with Crippen molar-refractivity contribution < 1.29 is 17.9 Å². The average molecular weight is 432 g/mol. The monoisotopic (exact) mass is 431 g/mol. The van der Waals surface area contributed by atoms with Gasteiger partial charge in [0, 0.05) is 24.5 Å². The summed E-state index contributed by atoms with van der Waals surface area (Å²) in [6.45, 7) is 4.07. The Kier molecular flexibility index (Phi) is 6.25. The van der Waals surface area contributed by atoms with Crippen LogP contribution in [0.25, 0.3) is 17.1 Å². The smallest absolute Gasteiger partial charge is 0.246 e. The Labute approximate surface area is 176 Å². The molecule has 1 aromatic carbocycles. The van der Waals surface area contributed by atoms with Crippen molar-refractivity contribution in [2.75, 3.05) is 31.3 Å². The molecule has 2 aromatic heterocycles. The van der Waals surface area contributed by atoms with Crippen molar-refractivity contribution in [3.05, 3.63) is 42.2 Å². The SMILES string of the molecule is CCCN(c1nnc(-c2cncc(C)c2)n1-c1c(OC)cccc1OC)S(C)(=O)=O. The summed E-state index contributed by atoms with van der Waals surface area (Å²) in [4.78, 5) is 4.24. The molecule has 10 heteroatoms. The fraction of sp³-hybridized carbons (Fsp3) is 0.350. The number of rotatable bonds is 8. The Balaban J connectivity index is 2.41. The van der Waals surface area contributed by atoms with Crippen molar-refractivity contribution in [1.82, 2.24) is 19.7 Å². The van der Waals surface area contributed by atoms with E-state index >= 15 is 0 Å². The molecule has 160 valence electrons. The molecule has 0 unspecified atom stereocenters. The van der Waals surface area contributed by atoms with Crippen molar-refractivity contribution in [3.63, 3.8) is 0 Å². The summed E-state index contributed by atoms with van der Waals surface area (Å²) in [7, 11) is -0.538. The highest BCUT2D eigenvalue weighted by Crippen LogP contribution is 2.38. The molecule has 0 aliphatic carbocycles. The van der Waals surface area contributed by atoms with Crippen LogP contribution in [0.3, 0.4) is 0 Å². The number of nitrogens with zero attached hydrogens (tertiary/aromatic N) is 5. The maximum absolute atomic E-state index is 12.6. The first-order valence-electron chi connectivity index (χ1n) is 9.38. The Hall–Kier alpha value is -3.14. The third kappa shape index (κ3) is 4.09. The van der Waals surface area contributed by atoms with E-state index in [1.165, 1.54) is 18.5 Å². The van der Waals surface area contributed by atoms with Gasteiger partial charge in [0.05, 0.1) is 20.5 Å². The van der Waals surface area contributed by atoms with E-state index in [0.29, 0.717) is 35.0 Å². The number of aryl methyl sites for hydroxylation is 1. The van der Waals surface area contributed by atoms with E-state index in [-0.39, 0.29) is 12.5 Å². The number of pyridine rings is 1. The highest BCUT2D eigenvalue weighted by Gasteiger charge is 2.29. The fourth-order valence-electron chi connectivity index (χ4n) is 3.18. The molecule has 0 aliphatic heterocycles. The molecule has 0 saturated heterocycles. The van der Waals surface area contributed by atoms with Gasteiger partial charge in [0.25, 0.3) is 0 Å². The van der Waals surface area contributed by atoms with E-state index < -0.39 is 10.0 Å². The normalized spacial score (nSPS) is 11.4. The lowest BCUT2D eigenvalue weighted by molar-refractivity contribution is 0.391. The van der Waals surface area contributed by atoms with E-state index in [1.807, 2.05) is 19.9 Å². The Morgan fingerprint density at radius 1 is 1.10 bits per heavy atom. The molecule has 0 saturated carbocycles. The molecule has 0 radical (unpaired) electrons. The summed E-state index contributed by atoms with van der Waals surface area (Å²) in [6, 6.07) is 7.23. The predicted molar refractivity (Wildman–Crippen MR) is 115 cm³/mol. The molecule has 0 amide bonds. The number of methoxy groups -OCH3 is 2. The highest BCUT2D eigenvalue weighted by molar-refractivity contribution is 7.92. The van der Waals surface area contributed by atoms with Crippen molar-refractivity contribution in [2.24, 2.45) is 0 Å². The van der Waals surface area contributed by atoms with Crippen LogP contribution in [0.15, 0.2) is 36.7 Å². The van der Waals surface area contributed by atoms with Gasteiger partial charge in [-0.25, -0.2) is 12.7 Å². The lowest BCUT2D eigenvalue weighted by atomic mass is 10.2. The van der Waals surface area contributed by atoms with E-state index in [2.05, 4.69) is 15.2 Å². The topological polar surface area (TPSA) is 99.4 Å². The summed E-state index contributed by atoms with van der Waals surface area (Å²) in [5.74, 6) is 1.55. The van der Waals surface area contributed by atoms with Crippen molar-refractivity contribution in [2.45, 2.75) is 20.3 Å². The van der Waals surface area contributed by atoms with Crippen LogP contribution in [0.5, 0.6) is 11.5 Å². The zero-order valence-corrected chi connectivity index (χ0v) is 18.5. The van der Waals surface area contributed by atoms with Crippen LogP contribution >= 0.6 is 0 Å². The zero-order valence-electron chi connectivity index (χ0n) is 17.7. The predicted octanol–water partition coefficient (Wildman–Crippen LogP) is 2.83. The standard InChI is InChI=1S/C20H25N5O4S/c1-6-10-24(30(5,26)27)20-23-22-19(15-11-14(2)12-21-13-15)25(20)18-16(28-3)8-7-9-17(18)29-4/h7-9,11-13H,6,10H2,1-5H3. The van der Waals surface area contributed by atoms with Gasteiger partial charge in [-0.1, -0.05) is 13.0 Å². The number of hydrogen-bond acceptors (Lipinski definition) is 7. The van der Waals surface area contributed by atoms with Gasteiger partial charge in [-0.2, -0.15) is 0 Å². The summed E-state index contributed by atoms with van der Waals surface area (Å²) in [5.41, 5.74) is 2.12. The molecule has 2 heterocycles. The summed E-state index contributed by atoms with van der Waals surface area (Å²) < 4.78 is 39.2. The van der Waals surface area contributed by atoms with Gasteiger partial charge >= 0.3 is 0 Å². The highest BCUT2D eigenvalue weighted by atomic mass is 32.2. The fourth-order valence-corrected chi connectivity index (χ4v) is 4.11. The Morgan fingerprint density at radius 2 is 1.77 bits per heavy atom. The number of para-hydroxylation sites is 1. The molecule has 0 aliphatic rings. The average Bonchev–Trinajstić information content (AvgIpc) is 3.14. The number of aromatic nitrogens is 4. The van der Waals surface area contributed by atoms with E-state index in [4.69, 9.17) is 9.47 Å². The largest absolute Gasteiger partial charge is 0.494 e. The molecular weight excluding hydrogens is 406 g/mol. The zero-order chi connectivity index (χ0) is 21.9. The second kappa shape index (κ2) is 8.70. The third-order valence-electron chi connectivity index (χ3n) is 4.45. The lowest BCUT2D eigenvalue weighted by Crippen LogP contribution is -2.33. The van der Waals surface area contributed by atoms with Crippen molar-refractivity contribution >= 4 is 16.0 Å². The van der Waals surface area contributed by atoms with Gasteiger partial charge in [-0.15, -0.1) is 10.2 Å². The number of ether oxygens (including phenoxy) is 2. The van der Waals surface area contributed by atoms with Gasteiger partial charge in [-0.05, 0) is 37.1 Å². The number of sulfonamides is 1. The van der Waals surface area contributed by atoms with Gasteiger partial charge in [0.1, 0.15) is 17.2 Å². The van der Waals surface area contributed by atoms with E-state index in [0.717, 1.165) is 11.8 Å². The van der Waals surface area contributed by atoms with Crippen LogP contribution < -0.4 is 13.8 Å². The first-order valence-corrected chi connectivity index (χ1v) is 11.2. The molecule has 3 aromatic rings. The molecule has 30 heavy (non-hydrogen) atoms. The Bertz CT molecular complexity index is 1120. The van der Waals surface area contributed by atoms with Crippen LogP contribution in [0, 0.1) is 6.92 Å². The van der Waals surface area contributed by atoms with Crippen LogP contribution in [0.2, 0.25) is 0 Å². The molecule has 0 spiro atoms. The van der Waals surface area contributed by atoms with Crippen LogP contribution in [0.4, 0.5) is 5.95 Å². The molecule has 0 bridgehead atoms. The molecule has 0 fully saturated rings. The van der Waals surface area contributed by atoms with Crippen molar-refractivity contribution in [1.29, 1.82) is 0 Å². The second-order valence-electron chi connectivity index (χ2n) is 6.76. The minimum absolute atomic E-state index is 0.152. The van der Waals surface area contributed by atoms with Gasteiger partial charge in [0.15, 0.2) is 5.82 Å². The number of hydrogen-bond donors (Lipinski definition) is 0. The Morgan fingerprint density at radius 3 is 2.30 bits per heavy atom. The summed E-state index contributed by atoms with van der Waals surface area (Å²) in [6.07, 6.45) is 5.14. The number of anilines is 1. The quantitative estimate of drug-likeness (QED) is 0.541. The van der Waals surface area contributed by atoms with Crippen molar-refractivity contribution in [3.8, 4) is 28.6 Å². The second-order valence-corrected chi connectivity index (χ2v) is 8.66. The minimum Gasteiger partial charge on any atom is -0.494 e. The maximum atomic E-state index is 12.6. The van der Waals surface area contributed by atoms with Gasteiger partial charge in [0.2, 0.25) is 16.0 Å². The van der Waals surface area contributed by atoms with Crippen LogP contribution in [-0.4, -0.2) is 55.2 Å². The van der Waals surface area contributed by atoms with E-state index in [1.54, 1.807) is 35.2 Å². The molecule has 9 nitrogen and oxygen atoms in total. The van der Waals surface area contributed by atoms with Gasteiger partial charge in [-0.3, -0.25) is 9.55 Å². The van der Waals surface area contributed by atoms with Crippen LogP contribution in [-0.2, 0) is 10.0 Å². The van der Waals surface area contributed by atoms with Gasteiger partial charge < -0.3 is 9.47 Å². The first-order chi connectivity index (χ1) is 14.3. The maximum Gasteiger partial charge on any atom is 0.246 e. The van der Waals surface area contributed by atoms with Crippen LogP contribution in [0.1, 0.15) is 18.9 Å². The third-order valence-corrected chi connectivity index (χ3v) is 5.60. The number of benzene rings is 1. The minimum atomic E-state index is -3.61. The summed E-state index contributed by atoms with van der Waals surface area (Å²) in [5, 5.41) is 8.58. The lowest BCUT2D eigenvalue weighted by Gasteiger charge is -2.23. The molecular formula is C20H25N5O4S. The van der Waals surface area contributed by atoms with E-state index in [9.17, 15) is 8.42 Å².